The Morgan fingerprint density at radius 3 is 1.17 bits per heavy atom. The third kappa shape index (κ3) is 24.3. The highest BCUT2D eigenvalue weighted by atomic mass is 17.1. The molecule has 0 aliphatic carbocycles. The second-order valence-electron chi connectivity index (χ2n) is 39.5. The first-order valence-electron chi connectivity index (χ1n) is 45.6. The fraction of sp³-hybridized carbons (Fsp3) is 0.640. The molecule has 0 radical (unpaired) electrons. The predicted molar refractivity (Wildman–Crippen MR) is 515 cm³/mol. The van der Waals surface area contributed by atoms with Crippen LogP contribution in [0.1, 0.15) is 182 Å². The highest BCUT2D eigenvalue weighted by Gasteiger charge is 2.55. The van der Waals surface area contributed by atoms with Crippen molar-refractivity contribution < 1.29 is 111 Å². The molecule has 4 aromatic heterocycles. The summed E-state index contributed by atoms with van der Waals surface area (Å²) in [4.78, 5) is 203. The van der Waals surface area contributed by atoms with E-state index >= 15 is 0 Å². The van der Waals surface area contributed by atoms with Crippen molar-refractivity contribution in [3.63, 3.8) is 0 Å². The van der Waals surface area contributed by atoms with E-state index in [0.29, 0.717) is 83.0 Å². The first kappa shape index (κ1) is 111. The number of imidazole rings is 4. The summed E-state index contributed by atoms with van der Waals surface area (Å²) in [7, 11) is 11.1. The minimum Gasteiger partial charge on any atom is -0.466 e. The van der Waals surface area contributed by atoms with Gasteiger partial charge in [0.25, 0.3) is 49.5 Å². The number of guanidine groups is 1. The number of aliphatic hydroxyl groups excluding tert-OH is 2. The molecule has 141 heavy (non-hydrogen) atoms. The molecule has 17 unspecified atom stereocenters. The molecule has 52 heteroatoms. The number of nitrogens with zero attached hydrogens (tertiary/aromatic N) is 21. The molecule has 1 fully saturated rings. The first-order valence-corrected chi connectivity index (χ1v) is 45.6. The number of amides is 4. The summed E-state index contributed by atoms with van der Waals surface area (Å²) in [5, 5.41) is 50.6. The zero-order valence-corrected chi connectivity index (χ0v) is 84.8. The van der Waals surface area contributed by atoms with Crippen LogP contribution in [0.3, 0.4) is 0 Å². The third-order valence-electron chi connectivity index (χ3n) is 24.5. The highest BCUT2D eigenvalue weighted by Crippen LogP contribution is 2.41. The molecule has 4 aromatic rings. The van der Waals surface area contributed by atoms with Gasteiger partial charge in [-0.25, -0.2) is 39.2 Å². The van der Waals surface area contributed by atoms with Crippen LogP contribution in [-0.2, 0) is 87.7 Å². The van der Waals surface area contributed by atoms with Gasteiger partial charge in [-0.05, 0) is 136 Å². The summed E-state index contributed by atoms with van der Waals surface area (Å²) >= 11 is 0. The Morgan fingerprint density at radius 2 is 0.830 bits per heavy atom. The van der Waals surface area contributed by atoms with Crippen LogP contribution in [0.4, 0.5) is 38.2 Å². The van der Waals surface area contributed by atoms with Crippen molar-refractivity contribution in [2.45, 2.75) is 290 Å². The average Bonchev–Trinajstić information content (AvgIpc) is 1.59. The lowest BCUT2D eigenvalue weighted by atomic mass is 9.96. The van der Waals surface area contributed by atoms with Crippen LogP contribution in [0.25, 0.3) is 0 Å². The van der Waals surface area contributed by atoms with Gasteiger partial charge in [0, 0.05) is 87.1 Å². The van der Waals surface area contributed by atoms with E-state index in [4.69, 9.17) is 31.1 Å². The molecule has 10 aliphatic rings. The van der Waals surface area contributed by atoms with Crippen LogP contribution in [0.2, 0.25) is 0 Å². The number of fused-ring (bicyclic) bond motifs is 9. The van der Waals surface area contributed by atoms with Crippen molar-refractivity contribution in [3.05, 3.63) is 56.8 Å². The molecule has 0 spiro atoms. The van der Waals surface area contributed by atoms with Crippen LogP contribution >= 0.6 is 0 Å². The van der Waals surface area contributed by atoms with E-state index in [0.717, 1.165) is 22.9 Å². The lowest BCUT2D eigenvalue weighted by molar-refractivity contribution is -0.285. The van der Waals surface area contributed by atoms with Crippen molar-refractivity contribution in [1.82, 2.24) is 84.4 Å². The Labute approximate surface area is 816 Å². The van der Waals surface area contributed by atoms with Gasteiger partial charge in [0.1, 0.15) is 68.8 Å². The fourth-order valence-electron chi connectivity index (χ4n) is 17.4. The maximum Gasteiger partial charge on any atom is 0.407 e. The number of allylic oxidation sites excluding steroid dienone is 1. The minimum atomic E-state index is -1.18. The van der Waals surface area contributed by atoms with E-state index in [1.807, 2.05) is 111 Å². The van der Waals surface area contributed by atoms with Crippen molar-refractivity contribution in [1.29, 1.82) is 5.41 Å². The quantitative estimate of drug-likeness (QED) is 0.0132. The van der Waals surface area contributed by atoms with Gasteiger partial charge in [-0.3, -0.25) is 108 Å². The highest BCUT2D eigenvalue weighted by molar-refractivity contribution is 6.06. The van der Waals surface area contributed by atoms with E-state index in [9.17, 15) is 73.0 Å². The number of hydrogen-bond donors (Lipinski definition) is 11. The Hall–Kier alpha value is -13.8. The number of aryl methyl sites for hydroxylation is 4. The molecule has 14 rings (SSSR count). The number of alkyl carbamates (subject to hydrolysis) is 3. The van der Waals surface area contributed by atoms with E-state index in [1.54, 1.807) is 63.8 Å². The number of carbonyl (C=O) groups is 12. The number of aromatic nitrogens is 8. The summed E-state index contributed by atoms with van der Waals surface area (Å²) in [6.07, 6.45) is 1.03. The summed E-state index contributed by atoms with van der Waals surface area (Å²) < 4.78 is 38.7. The van der Waals surface area contributed by atoms with Gasteiger partial charge in [-0.15, -0.1) is 0 Å². The van der Waals surface area contributed by atoms with Crippen LogP contribution in [0.15, 0.2) is 36.2 Å². The van der Waals surface area contributed by atoms with Gasteiger partial charge >= 0.3 is 18.3 Å². The molecule has 0 saturated carbocycles. The number of aliphatic hydroxyl groups is 2. The molecular formula is C89H137N29O23. The average molecular weight is 1980 g/mol. The van der Waals surface area contributed by atoms with E-state index < -0.39 is 91.0 Å². The zero-order chi connectivity index (χ0) is 105. The predicted octanol–water partition coefficient (Wildman–Crippen LogP) is 1.33. The van der Waals surface area contributed by atoms with E-state index in [-0.39, 0.29) is 147 Å². The van der Waals surface area contributed by atoms with Crippen LogP contribution in [0.5, 0.6) is 0 Å². The van der Waals surface area contributed by atoms with Gasteiger partial charge in [0.05, 0.1) is 116 Å². The van der Waals surface area contributed by atoms with Gasteiger partial charge in [0.2, 0.25) is 29.7 Å². The van der Waals surface area contributed by atoms with Crippen LogP contribution < -0.4 is 57.7 Å². The second kappa shape index (κ2) is 45.7. The fourth-order valence-corrected chi connectivity index (χ4v) is 17.4. The molecule has 14 heterocycles. The molecule has 0 bridgehead atoms. The summed E-state index contributed by atoms with van der Waals surface area (Å²) in [5.41, 5.74) is 16.4. The number of rotatable bonds is 27. The van der Waals surface area contributed by atoms with Crippen molar-refractivity contribution >= 4 is 135 Å². The van der Waals surface area contributed by atoms with Crippen molar-refractivity contribution in [2.75, 3.05) is 88.9 Å². The van der Waals surface area contributed by atoms with Gasteiger partial charge in [-0.1, -0.05) is 20.8 Å². The van der Waals surface area contributed by atoms with E-state index in [1.165, 1.54) is 35.0 Å². The largest absolute Gasteiger partial charge is 0.466 e. The molecule has 10 aliphatic heterocycles. The monoisotopic (exact) mass is 1980 g/mol. The summed E-state index contributed by atoms with van der Waals surface area (Å²) in [6.45, 7) is 40.4. The van der Waals surface area contributed by atoms with Gasteiger partial charge < -0.3 is 110 Å². The molecular weight excluding hydrogens is 1840 g/mol. The van der Waals surface area contributed by atoms with Crippen LogP contribution in [-0.4, -0.2) is 374 Å². The molecule has 0 aromatic carbocycles. The first-order chi connectivity index (χ1) is 66.0. The SMILES string of the molecule is CC(C)C.CC(N)=C1C=NC2NC(=N)NC(=O)C12.COC(=O)NC(CCc1c(C)nc2n1C(=O)C1N=CN(C(C)(C)C)C1N2C)COC=O.COC(=O)NC(COC=O)C(Cc1c(C)nc2n1C(=O)C1N=CN(C(C)(C)C)C1N2C)OO.COC(=O)NC(COC=O)C(O)Cc1c(C)nc2n1C(=O)C1N=CN(C(C)(C)C)C1N2C.Cc1nc2n(c1CC(O)C(N)OC=O)C(=O)C1N=CN(C(C)(C)C)C1N2C. The number of nitrogens with one attached hydrogen (secondary N) is 6. The topological polar surface area (TPSA) is 634 Å². The molecule has 776 valence electrons. The van der Waals surface area contributed by atoms with Crippen LogP contribution in [0, 0.1) is 44.9 Å². The normalized spacial score (nSPS) is 22.7. The number of carbonyl (C=O) groups excluding carboxylic acids is 12. The van der Waals surface area contributed by atoms with E-state index in [2.05, 4.69) is 163 Å². The van der Waals surface area contributed by atoms with Gasteiger partial charge in [0.15, 0.2) is 36.4 Å². The number of likely N-dealkylation sites (N-methyl/N-ethyl adjacent to an activating group) is 4. The molecule has 13 N–H and O–H groups in total. The maximum absolute atomic E-state index is 13.5. The maximum atomic E-state index is 13.5. The van der Waals surface area contributed by atoms with Crippen molar-refractivity contribution in [3.8, 4) is 0 Å². The third-order valence-corrected chi connectivity index (χ3v) is 24.5. The van der Waals surface area contributed by atoms with Gasteiger partial charge in [-0.2, -0.15) is 0 Å². The lowest BCUT2D eigenvalue weighted by Crippen LogP contribution is -2.61. The zero-order valence-electron chi connectivity index (χ0n) is 84.8. The second-order valence-corrected chi connectivity index (χ2v) is 39.5. The minimum absolute atomic E-state index is 0.00201. The smallest absolute Gasteiger partial charge is 0.407 e. The number of anilines is 4. The molecule has 17 atom stereocenters. The molecule has 1 saturated heterocycles. The Bertz CT molecular complexity index is 5430. The lowest BCUT2D eigenvalue weighted by Gasteiger charge is -2.44. The number of hydrogen-bond acceptors (Lipinski definition) is 43. The number of nitrogens with two attached hydrogens (primary N) is 2. The number of ether oxygens (including phenoxy) is 7. The Kier molecular flexibility index (Phi) is 35.9. The molecule has 4 amide bonds. The number of aliphatic imine (C=N–C) groups is 5. The standard InChI is InChI=1S/C20H30N6O7.C20H30N6O6.C20H30N6O5.C17H26N6O4.C8H11N5O.C4H10/c1-11-13(7-14(33-30)12(8-32-10-27)23-19(29)31-6)26-17(28)15-16(24(5)18(26)22-11)25(9-21-15)20(2,3)4;1-11-13(7-14(28)12(8-32-10-27)23-19(30)31-6)26-17(29)15-16(24(5)18(26)22-11)25(9-21-15)20(2,3)4;1-12-14(8-7-13(9-31-11-27)23-19(29)30-6)26-17(28)15-16(24(5)18(26)22-12)25(10-21-15)20(2,3)4;1-9-10(6-11(25)13(18)27-8-24)23-15(26)12-14(21(5)16(23)20-9)22(7-19-12)17(2,3)4;1-3(9)4-2-11-6-5(4)7(14)13-8(10)12-6;1-4(2)3/h9-10,12,14-16,30H,7-8H2,1-6H3,(H,23,29);9-10,12,14-16,28H,7-8H2,1-6H3,(H,23,30);10-11,13,15-16H,7-9H2,1-6H3,(H,23,29);7-8,11-14,25H,6,18H2,1-5H3;2,5-6H,9H2,1H3,(H3,10,12,13,14);4H,1-3H3. The number of methoxy groups -OCH3 is 3. The Morgan fingerprint density at radius 1 is 0.504 bits per heavy atom. The van der Waals surface area contributed by atoms with Crippen molar-refractivity contribution in [2.24, 2.45) is 48.3 Å². The molecule has 52 nitrogen and oxygen atoms in total. The summed E-state index contributed by atoms with van der Waals surface area (Å²) in [5.74, 6) is 1.33. The summed E-state index contributed by atoms with van der Waals surface area (Å²) in [6, 6.07) is -4.80. The Balaban J connectivity index is 0.000000198.